The van der Waals surface area contributed by atoms with E-state index in [2.05, 4.69) is 34.3 Å². The first kappa shape index (κ1) is 13.0. The molecule has 0 fully saturated rings. The van der Waals surface area contributed by atoms with Crippen molar-refractivity contribution in [3.63, 3.8) is 0 Å². The largest absolute Gasteiger partial charge is 0.261 e. The number of nitrogens with zero attached hydrogens (tertiary/aromatic N) is 4. The highest BCUT2D eigenvalue weighted by molar-refractivity contribution is 5.37. The van der Waals surface area contributed by atoms with Gasteiger partial charge in [0.15, 0.2) is 0 Å². The Morgan fingerprint density at radius 1 is 0.952 bits per heavy atom. The molecule has 2 heterocycles. The summed E-state index contributed by atoms with van der Waals surface area (Å²) in [6.07, 6.45) is 8.41. The molecule has 1 aliphatic carbocycles. The predicted molar refractivity (Wildman–Crippen MR) is 77.1 cm³/mol. The lowest BCUT2D eigenvalue weighted by Gasteiger charge is -2.18. The van der Waals surface area contributed by atoms with E-state index in [4.69, 9.17) is 10.5 Å². The van der Waals surface area contributed by atoms with Gasteiger partial charge in [0.1, 0.15) is 0 Å². The maximum absolute atomic E-state index is 9.01. The van der Waals surface area contributed by atoms with E-state index in [0.29, 0.717) is 11.1 Å². The van der Waals surface area contributed by atoms with E-state index in [-0.39, 0.29) is 11.8 Å². The molecule has 21 heavy (non-hydrogen) atoms. The van der Waals surface area contributed by atoms with Crippen LogP contribution in [-0.2, 0) is 0 Å². The third-order valence-corrected chi connectivity index (χ3v) is 3.71. The summed E-state index contributed by atoms with van der Waals surface area (Å²) in [6.45, 7) is 0. The fourth-order valence-corrected chi connectivity index (χ4v) is 2.68. The van der Waals surface area contributed by atoms with Gasteiger partial charge in [0.2, 0.25) is 0 Å². The normalized spacial score (nSPS) is 19.9. The van der Waals surface area contributed by atoms with Gasteiger partial charge in [-0.1, -0.05) is 12.2 Å². The highest BCUT2D eigenvalue weighted by Crippen LogP contribution is 2.40. The number of allylic oxidation sites excluding steroid dienone is 2. The fourth-order valence-electron chi connectivity index (χ4n) is 2.68. The molecule has 4 heteroatoms. The topological polar surface area (TPSA) is 73.4 Å². The molecule has 0 radical (unpaired) electrons. The molecular formula is C17H12N4. The van der Waals surface area contributed by atoms with Crippen LogP contribution in [0.4, 0.5) is 0 Å². The molecule has 1 aliphatic rings. The third kappa shape index (κ3) is 2.52. The maximum atomic E-state index is 9.01. The third-order valence-electron chi connectivity index (χ3n) is 3.71. The van der Waals surface area contributed by atoms with E-state index in [1.807, 2.05) is 12.1 Å². The molecule has 0 saturated carbocycles. The minimum Gasteiger partial charge on any atom is -0.261 e. The first-order valence-corrected chi connectivity index (χ1v) is 6.70. The van der Waals surface area contributed by atoms with Gasteiger partial charge in [-0.3, -0.25) is 9.97 Å². The van der Waals surface area contributed by atoms with Crippen LogP contribution in [0, 0.1) is 22.7 Å². The summed E-state index contributed by atoms with van der Waals surface area (Å²) in [5, 5.41) is 18.0. The van der Waals surface area contributed by atoms with Crippen LogP contribution in [0.25, 0.3) is 0 Å². The van der Waals surface area contributed by atoms with Crippen molar-refractivity contribution in [1.29, 1.82) is 10.5 Å². The van der Waals surface area contributed by atoms with Crippen molar-refractivity contribution in [3.8, 4) is 12.1 Å². The molecule has 0 saturated heterocycles. The number of hydrogen-bond acceptors (Lipinski definition) is 4. The summed E-state index contributed by atoms with van der Waals surface area (Å²) in [6, 6.07) is 11.3. The Bertz CT molecular complexity index is 780. The Morgan fingerprint density at radius 3 is 2.24 bits per heavy atom. The zero-order chi connectivity index (χ0) is 14.7. The van der Waals surface area contributed by atoms with Crippen molar-refractivity contribution in [2.24, 2.45) is 0 Å². The van der Waals surface area contributed by atoms with E-state index in [1.54, 1.807) is 24.5 Å². The van der Waals surface area contributed by atoms with Gasteiger partial charge < -0.3 is 0 Å². The van der Waals surface area contributed by atoms with Gasteiger partial charge in [0.05, 0.1) is 23.3 Å². The van der Waals surface area contributed by atoms with Gasteiger partial charge in [-0.25, -0.2) is 0 Å². The summed E-state index contributed by atoms with van der Waals surface area (Å²) in [5.74, 6) is 0.263. The van der Waals surface area contributed by atoms with Crippen LogP contribution in [0.3, 0.4) is 0 Å². The van der Waals surface area contributed by atoms with Gasteiger partial charge in [-0.2, -0.15) is 10.5 Å². The molecule has 2 unspecified atom stereocenters. The summed E-state index contributed by atoms with van der Waals surface area (Å²) in [4.78, 5) is 8.80. The number of nitriles is 2. The van der Waals surface area contributed by atoms with Gasteiger partial charge in [-0.15, -0.1) is 0 Å². The monoisotopic (exact) mass is 272 g/mol. The van der Waals surface area contributed by atoms with Gasteiger partial charge >= 0.3 is 0 Å². The Kier molecular flexibility index (Phi) is 3.45. The summed E-state index contributed by atoms with van der Waals surface area (Å²) >= 11 is 0. The molecular weight excluding hydrogens is 260 g/mol. The van der Waals surface area contributed by atoms with Crippen LogP contribution in [0.15, 0.2) is 48.8 Å². The molecule has 0 N–H and O–H groups in total. The number of aromatic nitrogens is 2. The zero-order valence-corrected chi connectivity index (χ0v) is 11.3. The molecule has 0 spiro atoms. The average molecular weight is 272 g/mol. The number of rotatable bonds is 2. The zero-order valence-electron chi connectivity index (χ0n) is 11.3. The SMILES string of the molecule is N#Cc1ccnc(C2C=CCC2c2cc(C#N)ccn2)c1. The molecule has 2 aromatic heterocycles. The molecule has 2 atom stereocenters. The lowest BCUT2D eigenvalue weighted by Crippen LogP contribution is -2.09. The van der Waals surface area contributed by atoms with Crippen molar-refractivity contribution in [2.45, 2.75) is 18.3 Å². The van der Waals surface area contributed by atoms with Crippen molar-refractivity contribution in [2.75, 3.05) is 0 Å². The minimum atomic E-state index is 0.0970. The number of hydrogen-bond donors (Lipinski definition) is 0. The van der Waals surface area contributed by atoms with Crippen LogP contribution in [0.5, 0.6) is 0 Å². The summed E-state index contributed by atoms with van der Waals surface area (Å²) in [5.41, 5.74) is 2.99. The lowest BCUT2D eigenvalue weighted by molar-refractivity contribution is 0.631. The predicted octanol–water partition coefficient (Wildman–Crippen LogP) is 3.05. The lowest BCUT2D eigenvalue weighted by atomic mass is 9.88. The van der Waals surface area contributed by atoms with Crippen LogP contribution < -0.4 is 0 Å². The van der Waals surface area contributed by atoms with Crippen molar-refractivity contribution < 1.29 is 0 Å². The summed E-state index contributed by atoms with van der Waals surface area (Å²) < 4.78 is 0. The molecule has 0 aromatic carbocycles. The highest BCUT2D eigenvalue weighted by Gasteiger charge is 2.28. The van der Waals surface area contributed by atoms with Crippen molar-refractivity contribution >= 4 is 0 Å². The second kappa shape index (κ2) is 5.56. The second-order valence-electron chi connectivity index (χ2n) is 4.96. The van der Waals surface area contributed by atoms with E-state index < -0.39 is 0 Å². The second-order valence-corrected chi connectivity index (χ2v) is 4.96. The average Bonchev–Trinajstić information content (AvgIpc) is 3.04. The standard InChI is InChI=1S/C17H12N4/c18-10-12-4-6-20-16(8-12)14-2-1-3-15(14)17-9-13(11-19)5-7-21-17/h1-2,4-9,14-15H,3H2. The van der Waals surface area contributed by atoms with Gasteiger partial charge in [0, 0.05) is 35.6 Å². The molecule has 0 aliphatic heterocycles. The Balaban J connectivity index is 1.97. The molecule has 3 rings (SSSR count). The Morgan fingerprint density at radius 2 is 1.57 bits per heavy atom. The van der Waals surface area contributed by atoms with Crippen LogP contribution in [0.1, 0.15) is 40.8 Å². The van der Waals surface area contributed by atoms with Crippen molar-refractivity contribution in [1.82, 2.24) is 9.97 Å². The first-order valence-electron chi connectivity index (χ1n) is 6.70. The molecule has 2 aromatic rings. The first-order chi connectivity index (χ1) is 10.3. The van der Waals surface area contributed by atoms with E-state index in [0.717, 1.165) is 17.8 Å². The molecule has 4 nitrogen and oxygen atoms in total. The molecule has 0 amide bonds. The molecule has 0 bridgehead atoms. The minimum absolute atomic E-state index is 0.0970. The molecule has 100 valence electrons. The van der Waals surface area contributed by atoms with Gasteiger partial charge in [-0.05, 0) is 30.7 Å². The van der Waals surface area contributed by atoms with Gasteiger partial charge in [0.25, 0.3) is 0 Å². The van der Waals surface area contributed by atoms with Crippen LogP contribution in [-0.4, -0.2) is 9.97 Å². The van der Waals surface area contributed by atoms with E-state index in [1.165, 1.54) is 0 Å². The van der Waals surface area contributed by atoms with Crippen LogP contribution >= 0.6 is 0 Å². The Hall–Kier alpha value is -2.98. The van der Waals surface area contributed by atoms with Crippen molar-refractivity contribution in [3.05, 3.63) is 71.3 Å². The van der Waals surface area contributed by atoms with Crippen LogP contribution in [0.2, 0.25) is 0 Å². The Labute approximate surface area is 123 Å². The number of pyridine rings is 2. The maximum Gasteiger partial charge on any atom is 0.0992 e. The van der Waals surface area contributed by atoms with E-state index in [9.17, 15) is 0 Å². The smallest absolute Gasteiger partial charge is 0.0992 e. The highest BCUT2D eigenvalue weighted by atomic mass is 14.7. The summed E-state index contributed by atoms with van der Waals surface area (Å²) in [7, 11) is 0. The quantitative estimate of drug-likeness (QED) is 0.787. The van der Waals surface area contributed by atoms with E-state index >= 15 is 0 Å². The fraction of sp³-hybridized carbons (Fsp3) is 0.176.